The van der Waals surface area contributed by atoms with Crippen LogP contribution >= 0.6 is 0 Å². The van der Waals surface area contributed by atoms with Gasteiger partial charge in [-0.1, -0.05) is 352 Å². The second kappa shape index (κ2) is 26.4. The van der Waals surface area contributed by atoms with Gasteiger partial charge in [0, 0.05) is 34.1 Å². The average molecular weight is 1540 g/mol. The van der Waals surface area contributed by atoms with E-state index < -0.39 is 10.8 Å². The van der Waals surface area contributed by atoms with Crippen molar-refractivity contribution in [3.8, 4) is 122 Å². The Balaban J connectivity index is 0.550. The SMILES string of the molecule is c1ccc(-c2ccc(-c3ccc(N(c4cccc(-c5cccc(-c6ccc(-c7ccc(N(c8ccccc8)c8ccc9c(c8)C8(c%10ccccc%10-9)c9ccccc9-c9cc%10c%11ccccc%11c%11ccccc%11c%10cc98)cc7)cc6)c5)c4)c4ccc5c(c4)C4(c6ccccc6-5)c5ccccc5-c5c4cc4c6c(cccc56)-c5ccccc5-4)cc3)cc2)cc1. The van der Waals surface area contributed by atoms with Gasteiger partial charge in [0.15, 0.2) is 0 Å². The molecule has 2 unspecified atom stereocenters. The first-order valence-electron chi connectivity index (χ1n) is 42.6. The standard InChI is InChI=1S/C120H74N2/c1-3-24-75(25-4-1)76-48-50-77(51-49-76)80-58-62-87(63-59-80)122(90-65-67-101-98-39-14-18-45-110(98)120(114(101)71-90)112-47-20-16-41-103(112)118-104-43-23-42-102-93-34-9-12-37-96(93)108(117(102)104)74-116(118)120)88-31-22-28-84(69-88)83-27-21-26-82(68-83)81-54-52-78(53-55-81)79-56-60-86(61-57-79)121(85-29-5-2-6-30-85)89-64-66-100-97-38-13-17-44-109(97)119(113(100)70-89)111-46-19-15-40-99(111)107-72-105-94-35-10-7-32-91(94)92-33-8-11-36-95(92)106(105)73-115(107)119/h1-74H. The predicted octanol–water partition coefficient (Wildman–Crippen LogP) is 31.9. The van der Waals surface area contributed by atoms with Crippen LogP contribution in [-0.2, 0) is 10.8 Å². The molecular weight excluding hydrogens is 1470 g/mol. The number of nitrogens with zero attached hydrogens (tertiary/aromatic N) is 2. The van der Waals surface area contributed by atoms with Gasteiger partial charge in [0.05, 0.1) is 10.8 Å². The molecule has 2 atom stereocenters. The second-order valence-corrected chi connectivity index (χ2v) is 33.5. The van der Waals surface area contributed by atoms with E-state index in [2.05, 4.69) is 459 Å². The van der Waals surface area contributed by atoms with Gasteiger partial charge in [-0.2, -0.15) is 0 Å². The molecule has 5 aliphatic rings. The fraction of sp³-hybridized carbons (Fsp3) is 0.0167. The van der Waals surface area contributed by atoms with Crippen LogP contribution in [0.3, 0.4) is 0 Å². The number of benzene rings is 21. The van der Waals surface area contributed by atoms with E-state index in [0.717, 1.165) is 73.1 Å². The minimum atomic E-state index is -0.600. The van der Waals surface area contributed by atoms with Crippen LogP contribution in [0.5, 0.6) is 0 Å². The van der Waals surface area contributed by atoms with Crippen molar-refractivity contribution < 1.29 is 0 Å². The monoisotopic (exact) mass is 1540 g/mol. The number of hydrogen-bond donors (Lipinski definition) is 0. The third-order valence-corrected chi connectivity index (χ3v) is 27.6. The number of anilines is 6. The Hall–Kier alpha value is -15.7. The zero-order chi connectivity index (χ0) is 79.9. The van der Waals surface area contributed by atoms with Gasteiger partial charge in [0.1, 0.15) is 0 Å². The number of fused-ring (bicyclic) bond motifs is 30. The normalized spacial score (nSPS) is 14.8. The summed E-state index contributed by atoms with van der Waals surface area (Å²) < 4.78 is 0. The quantitative estimate of drug-likeness (QED) is 0.119. The molecule has 122 heavy (non-hydrogen) atoms. The van der Waals surface area contributed by atoms with Crippen LogP contribution in [0.15, 0.2) is 449 Å². The van der Waals surface area contributed by atoms with Crippen LogP contribution in [0.2, 0.25) is 0 Å². The molecule has 0 N–H and O–H groups in total. The first-order chi connectivity index (χ1) is 60.5. The fourth-order valence-electron chi connectivity index (χ4n) is 22.4. The van der Waals surface area contributed by atoms with Gasteiger partial charge in [-0.05, 0) is 307 Å². The van der Waals surface area contributed by atoms with E-state index in [9.17, 15) is 0 Å². The Kier molecular flexibility index (Phi) is 14.8. The highest BCUT2D eigenvalue weighted by atomic mass is 15.1. The molecule has 21 aromatic rings. The summed E-state index contributed by atoms with van der Waals surface area (Å²) in [5.41, 5.74) is 43.2. The highest BCUT2D eigenvalue weighted by molar-refractivity contribution is 6.27. The zero-order valence-electron chi connectivity index (χ0n) is 66.6. The van der Waals surface area contributed by atoms with Crippen LogP contribution in [-0.4, -0.2) is 0 Å². The van der Waals surface area contributed by atoms with Crippen LogP contribution in [0, 0.1) is 0 Å². The Bertz CT molecular complexity index is 7980. The van der Waals surface area contributed by atoms with Crippen molar-refractivity contribution in [3.05, 3.63) is 493 Å². The fourth-order valence-corrected chi connectivity index (χ4v) is 22.4. The molecule has 5 aliphatic carbocycles. The summed E-state index contributed by atoms with van der Waals surface area (Å²) in [6.45, 7) is 0. The molecule has 564 valence electrons. The van der Waals surface area contributed by atoms with Crippen molar-refractivity contribution in [3.63, 3.8) is 0 Å². The van der Waals surface area contributed by atoms with Crippen LogP contribution < -0.4 is 9.80 Å². The summed E-state index contributed by atoms with van der Waals surface area (Å²) in [7, 11) is 0. The van der Waals surface area contributed by atoms with E-state index in [-0.39, 0.29) is 0 Å². The molecule has 0 aliphatic heterocycles. The molecule has 21 aromatic carbocycles. The van der Waals surface area contributed by atoms with E-state index in [1.807, 2.05) is 0 Å². The Labute approximate surface area is 708 Å². The lowest BCUT2D eigenvalue weighted by atomic mass is 9.70. The largest absolute Gasteiger partial charge is 0.310 e. The predicted molar refractivity (Wildman–Crippen MR) is 510 cm³/mol. The van der Waals surface area contributed by atoms with Gasteiger partial charge in [0.2, 0.25) is 0 Å². The first-order valence-corrected chi connectivity index (χ1v) is 42.6. The van der Waals surface area contributed by atoms with Crippen LogP contribution in [0.4, 0.5) is 34.1 Å². The summed E-state index contributed by atoms with van der Waals surface area (Å²) in [5, 5.41) is 10.4. The molecule has 2 spiro atoms. The molecule has 2 nitrogen and oxygen atoms in total. The summed E-state index contributed by atoms with van der Waals surface area (Å²) >= 11 is 0. The minimum Gasteiger partial charge on any atom is -0.310 e. The van der Waals surface area contributed by atoms with Crippen molar-refractivity contribution in [1.29, 1.82) is 0 Å². The van der Waals surface area contributed by atoms with E-state index in [4.69, 9.17) is 0 Å². The Morgan fingerprint density at radius 3 is 0.975 bits per heavy atom. The third kappa shape index (κ3) is 9.77. The van der Waals surface area contributed by atoms with Crippen molar-refractivity contribution in [2.24, 2.45) is 0 Å². The Morgan fingerprint density at radius 1 is 0.131 bits per heavy atom. The lowest BCUT2D eigenvalue weighted by molar-refractivity contribution is 0.794. The molecule has 0 heterocycles. The lowest BCUT2D eigenvalue weighted by Gasteiger charge is -2.32. The summed E-state index contributed by atoms with van der Waals surface area (Å²) in [4.78, 5) is 4.93. The van der Waals surface area contributed by atoms with Crippen molar-refractivity contribution in [2.75, 3.05) is 9.80 Å². The van der Waals surface area contributed by atoms with E-state index >= 15 is 0 Å². The van der Waals surface area contributed by atoms with E-state index in [1.54, 1.807) is 0 Å². The average Bonchev–Trinajstić information content (AvgIpc) is 1.50. The van der Waals surface area contributed by atoms with Gasteiger partial charge >= 0.3 is 0 Å². The van der Waals surface area contributed by atoms with E-state index in [1.165, 1.54) is 171 Å². The number of hydrogen-bond acceptors (Lipinski definition) is 2. The number of para-hydroxylation sites is 1. The Morgan fingerprint density at radius 2 is 0.434 bits per heavy atom. The molecule has 0 radical (unpaired) electrons. The minimum absolute atomic E-state index is 0.566. The van der Waals surface area contributed by atoms with Gasteiger partial charge in [0.25, 0.3) is 0 Å². The molecule has 0 saturated carbocycles. The molecule has 0 amide bonds. The van der Waals surface area contributed by atoms with Crippen molar-refractivity contribution >= 4 is 77.2 Å². The molecular formula is C120H74N2. The molecule has 0 fully saturated rings. The highest BCUT2D eigenvalue weighted by Gasteiger charge is 2.55. The molecule has 0 aromatic heterocycles. The smallest absolute Gasteiger partial charge is 0.0726 e. The maximum atomic E-state index is 2.58. The summed E-state index contributed by atoms with van der Waals surface area (Å²) in [6.07, 6.45) is 0. The second-order valence-electron chi connectivity index (χ2n) is 33.5. The molecule has 0 saturated heterocycles. The van der Waals surface area contributed by atoms with Crippen LogP contribution in [0.1, 0.15) is 44.5 Å². The van der Waals surface area contributed by atoms with Crippen molar-refractivity contribution in [1.82, 2.24) is 0 Å². The maximum Gasteiger partial charge on any atom is 0.0726 e. The highest BCUT2D eigenvalue weighted by Crippen LogP contribution is 2.68. The van der Waals surface area contributed by atoms with Gasteiger partial charge in [-0.3, -0.25) is 0 Å². The first kappa shape index (κ1) is 68.3. The van der Waals surface area contributed by atoms with Crippen LogP contribution in [0.25, 0.3) is 165 Å². The topological polar surface area (TPSA) is 6.48 Å². The van der Waals surface area contributed by atoms with Gasteiger partial charge in [-0.15, -0.1) is 0 Å². The summed E-state index contributed by atoms with van der Waals surface area (Å²) in [6, 6.07) is 169. The molecule has 0 bridgehead atoms. The molecule has 26 rings (SSSR count). The number of rotatable bonds is 11. The third-order valence-electron chi connectivity index (χ3n) is 27.6. The molecule has 2 heteroatoms. The lowest BCUT2D eigenvalue weighted by Crippen LogP contribution is -2.26. The zero-order valence-corrected chi connectivity index (χ0v) is 66.6. The maximum absolute atomic E-state index is 2.58. The van der Waals surface area contributed by atoms with Gasteiger partial charge in [-0.25, -0.2) is 0 Å². The van der Waals surface area contributed by atoms with E-state index in [0.29, 0.717) is 0 Å². The summed E-state index contributed by atoms with van der Waals surface area (Å²) in [5.74, 6) is 0. The van der Waals surface area contributed by atoms with Gasteiger partial charge < -0.3 is 9.80 Å². The van der Waals surface area contributed by atoms with Crippen molar-refractivity contribution in [2.45, 2.75) is 10.8 Å².